The van der Waals surface area contributed by atoms with Crippen LogP contribution in [0.1, 0.15) is 58.9 Å². The Morgan fingerprint density at radius 1 is 1.19 bits per heavy atom. The summed E-state index contributed by atoms with van der Waals surface area (Å²) in [5.41, 5.74) is -0.252. The van der Waals surface area contributed by atoms with Crippen LogP contribution in [-0.4, -0.2) is 26.6 Å². The van der Waals surface area contributed by atoms with Crippen molar-refractivity contribution in [3.8, 4) is 5.75 Å². The summed E-state index contributed by atoms with van der Waals surface area (Å²) >= 11 is 0. The SMILES string of the molecule is COc1ccccc1[C@@]1(O)C[C@H]2CC[C@]1(C)[C@@H](O[Si](C)(C)C(C)(C)C)C2. The van der Waals surface area contributed by atoms with Gasteiger partial charge in [0.2, 0.25) is 0 Å². The molecule has 0 spiro atoms. The predicted molar refractivity (Wildman–Crippen MR) is 109 cm³/mol. The minimum atomic E-state index is -1.90. The number of para-hydroxylation sites is 1. The van der Waals surface area contributed by atoms with Gasteiger partial charge in [0, 0.05) is 11.0 Å². The van der Waals surface area contributed by atoms with Crippen LogP contribution in [-0.2, 0) is 10.0 Å². The topological polar surface area (TPSA) is 38.7 Å². The van der Waals surface area contributed by atoms with Gasteiger partial charge in [0.25, 0.3) is 0 Å². The van der Waals surface area contributed by atoms with E-state index >= 15 is 0 Å². The lowest BCUT2D eigenvalue weighted by Crippen LogP contribution is -2.62. The second kappa shape index (κ2) is 6.35. The minimum Gasteiger partial charge on any atom is -0.496 e. The van der Waals surface area contributed by atoms with Crippen LogP contribution < -0.4 is 4.74 Å². The van der Waals surface area contributed by atoms with E-state index in [1.54, 1.807) is 7.11 Å². The summed E-state index contributed by atoms with van der Waals surface area (Å²) in [7, 11) is -0.215. The van der Waals surface area contributed by atoms with Crippen LogP contribution in [0.25, 0.3) is 0 Å². The van der Waals surface area contributed by atoms with Crippen molar-refractivity contribution in [2.75, 3.05) is 7.11 Å². The quantitative estimate of drug-likeness (QED) is 0.707. The number of aliphatic hydroxyl groups is 1. The first-order valence-corrected chi connectivity index (χ1v) is 12.9. The number of rotatable bonds is 4. The molecule has 3 nitrogen and oxygen atoms in total. The Morgan fingerprint density at radius 3 is 2.46 bits per heavy atom. The van der Waals surface area contributed by atoms with Crippen LogP contribution in [0.4, 0.5) is 0 Å². The highest BCUT2D eigenvalue weighted by Crippen LogP contribution is 2.62. The molecular formula is C22H36O3Si. The Bertz CT molecular complexity index is 666. The molecule has 0 aromatic heterocycles. The first kappa shape index (κ1) is 19.9. The van der Waals surface area contributed by atoms with Gasteiger partial charge in [-0.1, -0.05) is 45.9 Å². The highest BCUT2D eigenvalue weighted by Gasteiger charge is 2.62. The first-order valence-electron chi connectivity index (χ1n) is 9.98. The largest absolute Gasteiger partial charge is 0.496 e. The Morgan fingerprint density at radius 2 is 1.85 bits per heavy atom. The lowest BCUT2D eigenvalue weighted by atomic mass is 9.50. The van der Waals surface area contributed by atoms with Gasteiger partial charge < -0.3 is 14.3 Å². The molecule has 0 aliphatic heterocycles. The molecule has 1 N–H and O–H groups in total. The molecule has 3 aliphatic carbocycles. The van der Waals surface area contributed by atoms with E-state index in [0.717, 1.165) is 30.6 Å². The van der Waals surface area contributed by atoms with Crippen molar-refractivity contribution in [1.82, 2.24) is 0 Å². The molecular weight excluding hydrogens is 340 g/mol. The summed E-state index contributed by atoms with van der Waals surface area (Å²) < 4.78 is 12.5. The fourth-order valence-corrected chi connectivity index (χ4v) is 6.19. The van der Waals surface area contributed by atoms with Crippen molar-refractivity contribution in [1.29, 1.82) is 0 Å². The fourth-order valence-electron chi connectivity index (χ4n) is 4.77. The molecule has 3 aliphatic rings. The van der Waals surface area contributed by atoms with E-state index in [0.29, 0.717) is 5.92 Å². The molecule has 4 atom stereocenters. The van der Waals surface area contributed by atoms with Gasteiger partial charge in [0.05, 0.1) is 13.2 Å². The van der Waals surface area contributed by atoms with Crippen LogP contribution in [0.3, 0.4) is 0 Å². The van der Waals surface area contributed by atoms with Crippen molar-refractivity contribution in [2.45, 2.75) is 83.2 Å². The average molecular weight is 377 g/mol. The second-order valence-electron chi connectivity index (χ2n) is 10.2. The van der Waals surface area contributed by atoms with Crippen molar-refractivity contribution in [2.24, 2.45) is 11.3 Å². The van der Waals surface area contributed by atoms with E-state index < -0.39 is 13.9 Å². The number of methoxy groups -OCH3 is 1. The highest BCUT2D eigenvalue weighted by molar-refractivity contribution is 6.74. The van der Waals surface area contributed by atoms with E-state index in [9.17, 15) is 5.11 Å². The molecule has 2 bridgehead atoms. The van der Waals surface area contributed by atoms with E-state index in [-0.39, 0.29) is 16.6 Å². The number of hydrogen-bond donors (Lipinski definition) is 1. The zero-order valence-electron chi connectivity index (χ0n) is 17.6. The van der Waals surface area contributed by atoms with E-state index in [4.69, 9.17) is 9.16 Å². The molecule has 0 saturated heterocycles. The summed E-state index contributed by atoms with van der Waals surface area (Å²) in [4.78, 5) is 0. The van der Waals surface area contributed by atoms with Crippen LogP contribution in [0.15, 0.2) is 24.3 Å². The van der Waals surface area contributed by atoms with Gasteiger partial charge in [0.1, 0.15) is 11.4 Å². The molecule has 1 aromatic carbocycles. The Kier molecular flexibility index (Phi) is 4.86. The lowest BCUT2D eigenvalue weighted by molar-refractivity contribution is -0.211. The van der Waals surface area contributed by atoms with Gasteiger partial charge in [-0.2, -0.15) is 0 Å². The maximum Gasteiger partial charge on any atom is 0.192 e. The number of ether oxygens (including phenoxy) is 1. The molecule has 0 amide bonds. The summed E-state index contributed by atoms with van der Waals surface area (Å²) in [6.07, 6.45) is 4.17. The van der Waals surface area contributed by atoms with E-state index in [1.165, 1.54) is 6.42 Å². The third-order valence-corrected chi connectivity index (χ3v) is 12.1. The molecule has 4 heteroatoms. The molecule has 0 unspecified atom stereocenters. The van der Waals surface area contributed by atoms with Crippen LogP contribution >= 0.6 is 0 Å². The predicted octanol–water partition coefficient (Wildman–Crippen LogP) is 5.48. The summed E-state index contributed by atoms with van der Waals surface area (Å²) in [5.74, 6) is 1.30. The Hall–Kier alpha value is -0.843. The van der Waals surface area contributed by atoms with Crippen molar-refractivity contribution in [3.63, 3.8) is 0 Å². The molecule has 1 aromatic rings. The van der Waals surface area contributed by atoms with Crippen molar-refractivity contribution >= 4 is 8.32 Å². The molecule has 4 rings (SSSR count). The van der Waals surface area contributed by atoms with Crippen molar-refractivity contribution < 1.29 is 14.3 Å². The third-order valence-electron chi connectivity index (χ3n) is 7.65. The van der Waals surface area contributed by atoms with Gasteiger partial charge in [-0.25, -0.2) is 0 Å². The normalized spacial score (nSPS) is 34.8. The minimum absolute atomic E-state index is 0.103. The van der Waals surface area contributed by atoms with Crippen LogP contribution in [0, 0.1) is 11.3 Å². The van der Waals surface area contributed by atoms with E-state index in [1.807, 2.05) is 24.3 Å². The molecule has 3 saturated carbocycles. The molecule has 3 fully saturated rings. The Labute approximate surface area is 160 Å². The third kappa shape index (κ3) is 2.94. The molecule has 146 valence electrons. The number of fused-ring (bicyclic) bond motifs is 3. The van der Waals surface area contributed by atoms with Crippen LogP contribution in [0.2, 0.25) is 18.1 Å². The second-order valence-corrected chi connectivity index (χ2v) is 14.9. The number of benzene rings is 1. The zero-order chi connectivity index (χ0) is 19.4. The summed E-state index contributed by atoms with van der Waals surface area (Å²) in [6, 6.07) is 7.97. The van der Waals surface area contributed by atoms with Gasteiger partial charge >= 0.3 is 0 Å². The van der Waals surface area contributed by atoms with Gasteiger partial charge in [-0.3, -0.25) is 0 Å². The average Bonchev–Trinajstić information content (AvgIpc) is 2.55. The van der Waals surface area contributed by atoms with Gasteiger partial charge in [0.15, 0.2) is 8.32 Å². The maximum atomic E-state index is 12.0. The van der Waals surface area contributed by atoms with Gasteiger partial charge in [-0.15, -0.1) is 0 Å². The standard InChI is InChI=1S/C22H36O3Si/c1-20(2,3)26(6,7)25-19-14-16-12-13-21(19,4)22(23,15-16)17-10-8-9-11-18(17)24-5/h8-11,16,19,23H,12-15H2,1-7H3/t16-,19-,21+,22-/m0/s1. The zero-order valence-corrected chi connectivity index (χ0v) is 18.6. The summed E-state index contributed by atoms with van der Waals surface area (Å²) in [5, 5.41) is 12.2. The van der Waals surface area contributed by atoms with Gasteiger partial charge in [-0.05, 0) is 55.8 Å². The van der Waals surface area contributed by atoms with E-state index in [2.05, 4.69) is 40.8 Å². The first-order chi connectivity index (χ1) is 11.9. The van der Waals surface area contributed by atoms with Crippen molar-refractivity contribution in [3.05, 3.63) is 29.8 Å². The molecule has 0 radical (unpaired) electrons. The number of hydrogen-bond acceptors (Lipinski definition) is 3. The molecule has 0 heterocycles. The smallest absolute Gasteiger partial charge is 0.192 e. The summed E-state index contributed by atoms with van der Waals surface area (Å²) in [6.45, 7) is 13.7. The van der Waals surface area contributed by atoms with Crippen LogP contribution in [0.5, 0.6) is 5.75 Å². The maximum absolute atomic E-state index is 12.0. The monoisotopic (exact) mass is 376 g/mol. The fraction of sp³-hybridized carbons (Fsp3) is 0.727. The lowest BCUT2D eigenvalue weighted by Gasteiger charge is -2.61. The Balaban J connectivity index is 2.02. The molecule has 26 heavy (non-hydrogen) atoms. The highest BCUT2D eigenvalue weighted by atomic mass is 28.4.